The Balaban J connectivity index is 2.04. The molecule has 0 bridgehead atoms. The molecular weight excluding hydrogens is 172 g/mol. The molecule has 0 amide bonds. The van der Waals surface area contributed by atoms with Crippen LogP contribution in [0.25, 0.3) is 0 Å². The molecular formula is C13H24O. The van der Waals surface area contributed by atoms with E-state index in [9.17, 15) is 5.11 Å². The van der Waals surface area contributed by atoms with Crippen LogP contribution in [0.5, 0.6) is 0 Å². The van der Waals surface area contributed by atoms with Gasteiger partial charge in [0.25, 0.3) is 0 Å². The molecule has 1 heteroatoms. The highest BCUT2D eigenvalue weighted by Crippen LogP contribution is 2.56. The van der Waals surface area contributed by atoms with E-state index >= 15 is 0 Å². The first-order valence-electron chi connectivity index (χ1n) is 6.19. The van der Waals surface area contributed by atoms with Gasteiger partial charge in [0.1, 0.15) is 0 Å². The molecule has 0 heterocycles. The fourth-order valence-electron chi connectivity index (χ4n) is 3.58. The standard InChI is InChI=1S/C13H24O/c1-12(2)6-8-13(9-7-12)5-3-4-11(13)10-14/h11,14H,3-10H2,1-2H3. The van der Waals surface area contributed by atoms with Crippen molar-refractivity contribution in [2.24, 2.45) is 16.7 Å². The second-order valence-corrected chi connectivity index (χ2v) is 6.30. The van der Waals surface area contributed by atoms with E-state index in [1.807, 2.05) is 0 Å². The number of hydrogen-bond acceptors (Lipinski definition) is 1. The Labute approximate surface area is 87.9 Å². The lowest BCUT2D eigenvalue weighted by Crippen LogP contribution is -2.35. The van der Waals surface area contributed by atoms with Crippen molar-refractivity contribution < 1.29 is 5.11 Å². The maximum atomic E-state index is 9.41. The average Bonchev–Trinajstić information content (AvgIpc) is 2.54. The molecule has 0 saturated heterocycles. The summed E-state index contributed by atoms with van der Waals surface area (Å²) in [4.78, 5) is 0. The van der Waals surface area contributed by atoms with Crippen molar-refractivity contribution in [3.05, 3.63) is 0 Å². The van der Waals surface area contributed by atoms with Crippen LogP contribution < -0.4 is 0 Å². The summed E-state index contributed by atoms with van der Waals surface area (Å²) in [6, 6.07) is 0. The maximum absolute atomic E-state index is 9.41. The third-order valence-electron chi connectivity index (χ3n) is 4.91. The fourth-order valence-corrected chi connectivity index (χ4v) is 3.58. The van der Waals surface area contributed by atoms with Crippen LogP contribution in [0.1, 0.15) is 58.8 Å². The number of aliphatic hydroxyl groups excluding tert-OH is 1. The van der Waals surface area contributed by atoms with Gasteiger partial charge in [-0.25, -0.2) is 0 Å². The van der Waals surface area contributed by atoms with E-state index in [4.69, 9.17) is 0 Å². The van der Waals surface area contributed by atoms with Crippen LogP contribution in [0.2, 0.25) is 0 Å². The highest BCUT2D eigenvalue weighted by Gasteiger charge is 2.45. The van der Waals surface area contributed by atoms with E-state index in [1.165, 1.54) is 44.9 Å². The Bertz CT molecular complexity index is 197. The van der Waals surface area contributed by atoms with Gasteiger partial charge in [-0.15, -0.1) is 0 Å². The molecule has 2 aliphatic rings. The van der Waals surface area contributed by atoms with Gasteiger partial charge in [0, 0.05) is 6.61 Å². The molecule has 0 aliphatic heterocycles. The zero-order chi connectivity index (χ0) is 10.2. The largest absolute Gasteiger partial charge is 0.396 e. The monoisotopic (exact) mass is 196 g/mol. The molecule has 0 aromatic rings. The van der Waals surface area contributed by atoms with Crippen molar-refractivity contribution in [1.82, 2.24) is 0 Å². The molecule has 82 valence electrons. The van der Waals surface area contributed by atoms with Gasteiger partial charge in [-0.1, -0.05) is 20.3 Å². The number of aliphatic hydroxyl groups is 1. The zero-order valence-corrected chi connectivity index (χ0v) is 9.68. The fraction of sp³-hybridized carbons (Fsp3) is 1.00. The SMILES string of the molecule is CC1(C)CCC2(CCCC2CO)CC1. The van der Waals surface area contributed by atoms with Crippen molar-refractivity contribution in [2.45, 2.75) is 58.8 Å². The number of hydrogen-bond donors (Lipinski definition) is 1. The first-order valence-corrected chi connectivity index (χ1v) is 6.19. The van der Waals surface area contributed by atoms with Crippen molar-refractivity contribution in [3.8, 4) is 0 Å². The lowest BCUT2D eigenvalue weighted by molar-refractivity contribution is 0.0364. The minimum absolute atomic E-state index is 0.431. The van der Waals surface area contributed by atoms with Crippen molar-refractivity contribution in [2.75, 3.05) is 6.61 Å². The van der Waals surface area contributed by atoms with Crippen LogP contribution in [-0.4, -0.2) is 11.7 Å². The van der Waals surface area contributed by atoms with E-state index in [0.29, 0.717) is 23.4 Å². The van der Waals surface area contributed by atoms with E-state index in [2.05, 4.69) is 13.8 Å². The zero-order valence-electron chi connectivity index (χ0n) is 9.68. The molecule has 2 saturated carbocycles. The van der Waals surface area contributed by atoms with Crippen LogP contribution >= 0.6 is 0 Å². The number of rotatable bonds is 1. The highest BCUT2D eigenvalue weighted by atomic mass is 16.3. The lowest BCUT2D eigenvalue weighted by Gasteiger charge is -2.44. The van der Waals surface area contributed by atoms with E-state index < -0.39 is 0 Å². The van der Waals surface area contributed by atoms with Gasteiger partial charge in [-0.2, -0.15) is 0 Å². The van der Waals surface area contributed by atoms with E-state index in [1.54, 1.807) is 0 Å². The molecule has 1 spiro atoms. The molecule has 1 N–H and O–H groups in total. The predicted molar refractivity (Wildman–Crippen MR) is 59.1 cm³/mol. The first kappa shape index (κ1) is 10.5. The molecule has 0 aromatic heterocycles. The third-order valence-corrected chi connectivity index (χ3v) is 4.91. The molecule has 0 radical (unpaired) electrons. The Morgan fingerprint density at radius 1 is 1.07 bits per heavy atom. The molecule has 2 rings (SSSR count). The van der Waals surface area contributed by atoms with Gasteiger partial charge in [0.05, 0.1) is 0 Å². The predicted octanol–water partition coefficient (Wildman–Crippen LogP) is 3.37. The molecule has 1 atom stereocenters. The molecule has 0 aromatic carbocycles. The van der Waals surface area contributed by atoms with Crippen LogP contribution in [0.4, 0.5) is 0 Å². The minimum atomic E-state index is 0.431. The van der Waals surface area contributed by atoms with Crippen molar-refractivity contribution in [1.29, 1.82) is 0 Å². The highest BCUT2D eigenvalue weighted by molar-refractivity contribution is 4.96. The first-order chi connectivity index (χ1) is 6.58. The van der Waals surface area contributed by atoms with Crippen LogP contribution in [0.3, 0.4) is 0 Å². The topological polar surface area (TPSA) is 20.2 Å². The summed E-state index contributed by atoms with van der Waals surface area (Å²) in [7, 11) is 0. The van der Waals surface area contributed by atoms with Gasteiger partial charge in [0.2, 0.25) is 0 Å². The summed E-state index contributed by atoms with van der Waals surface area (Å²) in [6.45, 7) is 5.21. The second-order valence-electron chi connectivity index (χ2n) is 6.30. The summed E-state index contributed by atoms with van der Waals surface area (Å²) < 4.78 is 0. The molecule has 1 unspecified atom stereocenters. The molecule has 2 aliphatic carbocycles. The smallest absolute Gasteiger partial charge is 0.0464 e. The summed E-state index contributed by atoms with van der Waals surface area (Å²) in [5.41, 5.74) is 1.11. The molecule has 1 nitrogen and oxygen atoms in total. The Morgan fingerprint density at radius 3 is 2.29 bits per heavy atom. The maximum Gasteiger partial charge on any atom is 0.0464 e. The Hall–Kier alpha value is -0.0400. The van der Waals surface area contributed by atoms with Gasteiger partial charge in [-0.3, -0.25) is 0 Å². The van der Waals surface area contributed by atoms with Gasteiger partial charge in [0.15, 0.2) is 0 Å². The Morgan fingerprint density at radius 2 is 1.71 bits per heavy atom. The van der Waals surface area contributed by atoms with Crippen LogP contribution in [0.15, 0.2) is 0 Å². The van der Waals surface area contributed by atoms with Crippen LogP contribution in [0, 0.1) is 16.7 Å². The van der Waals surface area contributed by atoms with E-state index in [0.717, 1.165) is 0 Å². The van der Waals surface area contributed by atoms with Crippen molar-refractivity contribution in [3.63, 3.8) is 0 Å². The summed E-state index contributed by atoms with van der Waals surface area (Å²) >= 11 is 0. The molecule has 2 fully saturated rings. The lowest BCUT2D eigenvalue weighted by atomic mass is 9.61. The normalized spacial score (nSPS) is 34.9. The van der Waals surface area contributed by atoms with Gasteiger partial charge >= 0.3 is 0 Å². The average molecular weight is 196 g/mol. The van der Waals surface area contributed by atoms with Crippen molar-refractivity contribution >= 4 is 0 Å². The minimum Gasteiger partial charge on any atom is -0.396 e. The summed E-state index contributed by atoms with van der Waals surface area (Å²) in [5.74, 6) is 0.624. The second kappa shape index (κ2) is 3.52. The third kappa shape index (κ3) is 1.71. The van der Waals surface area contributed by atoms with Crippen LogP contribution in [-0.2, 0) is 0 Å². The van der Waals surface area contributed by atoms with Gasteiger partial charge in [-0.05, 0) is 55.3 Å². The summed E-state index contributed by atoms with van der Waals surface area (Å²) in [6.07, 6.45) is 9.47. The quantitative estimate of drug-likeness (QED) is 0.681. The van der Waals surface area contributed by atoms with Gasteiger partial charge < -0.3 is 5.11 Å². The summed E-state index contributed by atoms with van der Waals surface area (Å²) in [5, 5.41) is 9.41. The Kier molecular flexibility index (Phi) is 2.63. The van der Waals surface area contributed by atoms with E-state index in [-0.39, 0.29) is 0 Å². The molecule has 14 heavy (non-hydrogen) atoms.